The van der Waals surface area contributed by atoms with Crippen molar-refractivity contribution in [3.05, 3.63) is 59.0 Å². The molecule has 1 atom stereocenters. The number of halogens is 1. The van der Waals surface area contributed by atoms with Crippen molar-refractivity contribution in [3.63, 3.8) is 0 Å². The first-order chi connectivity index (χ1) is 7.33. The Bertz CT molecular complexity index is 425. The van der Waals surface area contributed by atoms with Crippen molar-refractivity contribution >= 4 is 11.6 Å². The molecule has 0 amide bonds. The van der Waals surface area contributed by atoms with Crippen molar-refractivity contribution in [1.29, 1.82) is 0 Å². The molecule has 1 N–H and O–H groups in total. The summed E-state index contributed by atoms with van der Waals surface area (Å²) in [7, 11) is 1.90. The summed E-state index contributed by atoms with van der Waals surface area (Å²) in [4.78, 5) is 0. The second kappa shape index (κ2) is 4.51. The normalized spacial score (nSPS) is 12.7. The molecule has 0 fully saturated rings. The lowest BCUT2D eigenvalue weighted by atomic mass is 10.0. The van der Waals surface area contributed by atoms with Gasteiger partial charge in [-0.3, -0.25) is 0 Å². The fourth-order valence-electron chi connectivity index (χ4n) is 1.65. The van der Waals surface area contributed by atoms with Crippen LogP contribution < -0.4 is 5.32 Å². The fraction of sp³-hybridized carbons (Fsp3) is 0.167. The summed E-state index contributed by atoms with van der Waals surface area (Å²) in [6.07, 6.45) is 3.39. The van der Waals surface area contributed by atoms with E-state index in [9.17, 15) is 0 Å². The molecule has 1 heterocycles. The van der Waals surface area contributed by atoms with E-state index in [2.05, 4.69) is 5.32 Å². The predicted molar refractivity (Wildman–Crippen MR) is 61.1 cm³/mol. The summed E-state index contributed by atoms with van der Waals surface area (Å²) in [5.41, 5.74) is 2.13. The average Bonchev–Trinajstić information content (AvgIpc) is 2.75. The Morgan fingerprint density at radius 2 is 2.07 bits per heavy atom. The van der Waals surface area contributed by atoms with Crippen molar-refractivity contribution in [2.45, 2.75) is 6.04 Å². The first-order valence-electron chi connectivity index (χ1n) is 4.76. The minimum absolute atomic E-state index is 0.0810. The zero-order valence-corrected chi connectivity index (χ0v) is 9.16. The van der Waals surface area contributed by atoms with Gasteiger partial charge in [-0.1, -0.05) is 29.8 Å². The molecule has 0 radical (unpaired) electrons. The summed E-state index contributed by atoms with van der Waals surface area (Å²) >= 11 is 6.14. The second-order valence-electron chi connectivity index (χ2n) is 3.30. The van der Waals surface area contributed by atoms with Gasteiger partial charge in [0.25, 0.3) is 0 Å². The van der Waals surface area contributed by atoms with Crippen LogP contribution in [0.25, 0.3) is 0 Å². The van der Waals surface area contributed by atoms with E-state index in [0.717, 1.165) is 16.1 Å². The van der Waals surface area contributed by atoms with Gasteiger partial charge >= 0.3 is 0 Å². The van der Waals surface area contributed by atoms with E-state index >= 15 is 0 Å². The molecule has 1 unspecified atom stereocenters. The number of furan rings is 1. The molecule has 78 valence electrons. The van der Waals surface area contributed by atoms with E-state index in [1.165, 1.54) is 0 Å². The van der Waals surface area contributed by atoms with Crippen LogP contribution in [0.5, 0.6) is 0 Å². The van der Waals surface area contributed by atoms with E-state index in [-0.39, 0.29) is 6.04 Å². The van der Waals surface area contributed by atoms with E-state index in [1.54, 1.807) is 12.5 Å². The molecule has 0 saturated carbocycles. The van der Waals surface area contributed by atoms with Gasteiger partial charge in [-0.15, -0.1) is 0 Å². The van der Waals surface area contributed by atoms with Crippen LogP contribution in [0, 0.1) is 0 Å². The summed E-state index contributed by atoms with van der Waals surface area (Å²) in [6, 6.07) is 9.82. The Balaban J connectivity index is 2.40. The molecule has 1 aromatic heterocycles. The highest BCUT2D eigenvalue weighted by atomic mass is 35.5. The lowest BCUT2D eigenvalue weighted by Gasteiger charge is -2.16. The van der Waals surface area contributed by atoms with Crippen LogP contribution in [0.3, 0.4) is 0 Å². The number of hydrogen-bond acceptors (Lipinski definition) is 2. The molecule has 2 rings (SSSR count). The van der Waals surface area contributed by atoms with Crippen molar-refractivity contribution < 1.29 is 4.42 Å². The Morgan fingerprint density at radius 3 is 2.67 bits per heavy atom. The van der Waals surface area contributed by atoms with Crippen LogP contribution in [-0.4, -0.2) is 7.05 Å². The van der Waals surface area contributed by atoms with Gasteiger partial charge in [0.15, 0.2) is 0 Å². The molecule has 0 aliphatic rings. The maximum Gasteiger partial charge on any atom is 0.0953 e. The smallest absolute Gasteiger partial charge is 0.0953 e. The number of rotatable bonds is 3. The van der Waals surface area contributed by atoms with Crippen LogP contribution in [-0.2, 0) is 0 Å². The summed E-state index contributed by atoms with van der Waals surface area (Å²) < 4.78 is 5.08. The molecule has 0 spiro atoms. The SMILES string of the molecule is CNC(c1ccoc1)c1ccccc1Cl. The molecule has 0 aliphatic heterocycles. The predicted octanol–water partition coefficient (Wildman–Crippen LogP) is 3.24. The zero-order valence-electron chi connectivity index (χ0n) is 8.41. The average molecular weight is 222 g/mol. The van der Waals surface area contributed by atoms with Gasteiger partial charge in [0, 0.05) is 10.6 Å². The van der Waals surface area contributed by atoms with Gasteiger partial charge in [-0.05, 0) is 24.7 Å². The molecule has 1 aromatic carbocycles. The molecule has 15 heavy (non-hydrogen) atoms. The molecule has 2 nitrogen and oxygen atoms in total. The van der Waals surface area contributed by atoms with E-state index < -0.39 is 0 Å². The molecule has 0 bridgehead atoms. The first-order valence-corrected chi connectivity index (χ1v) is 5.14. The van der Waals surface area contributed by atoms with Crippen LogP contribution >= 0.6 is 11.6 Å². The highest BCUT2D eigenvalue weighted by Crippen LogP contribution is 2.27. The molecule has 2 aromatic rings. The highest BCUT2D eigenvalue weighted by Gasteiger charge is 2.15. The van der Waals surface area contributed by atoms with Crippen molar-refractivity contribution in [2.75, 3.05) is 7.05 Å². The van der Waals surface area contributed by atoms with E-state index in [4.69, 9.17) is 16.0 Å². The molecule has 0 aliphatic carbocycles. The van der Waals surface area contributed by atoms with E-state index in [0.29, 0.717) is 0 Å². The summed E-state index contributed by atoms with van der Waals surface area (Å²) in [5, 5.41) is 3.98. The van der Waals surface area contributed by atoms with Gasteiger partial charge in [0.2, 0.25) is 0 Å². The van der Waals surface area contributed by atoms with Gasteiger partial charge < -0.3 is 9.73 Å². The molecular weight excluding hydrogens is 210 g/mol. The highest BCUT2D eigenvalue weighted by molar-refractivity contribution is 6.31. The minimum Gasteiger partial charge on any atom is -0.472 e. The second-order valence-corrected chi connectivity index (χ2v) is 3.71. The maximum atomic E-state index is 6.14. The first kappa shape index (κ1) is 10.3. The van der Waals surface area contributed by atoms with Crippen molar-refractivity contribution in [2.24, 2.45) is 0 Å². The van der Waals surface area contributed by atoms with Crippen molar-refractivity contribution in [3.8, 4) is 0 Å². The third kappa shape index (κ3) is 2.06. The quantitative estimate of drug-likeness (QED) is 0.861. The minimum atomic E-state index is 0.0810. The van der Waals surface area contributed by atoms with Gasteiger partial charge in [-0.25, -0.2) is 0 Å². The van der Waals surface area contributed by atoms with Crippen LogP contribution in [0.15, 0.2) is 47.3 Å². The lowest BCUT2D eigenvalue weighted by Crippen LogP contribution is -2.17. The van der Waals surface area contributed by atoms with Crippen LogP contribution in [0.4, 0.5) is 0 Å². The monoisotopic (exact) mass is 221 g/mol. The Kier molecular flexibility index (Phi) is 3.09. The van der Waals surface area contributed by atoms with Gasteiger partial charge in [-0.2, -0.15) is 0 Å². The fourth-order valence-corrected chi connectivity index (χ4v) is 1.90. The van der Waals surface area contributed by atoms with Gasteiger partial charge in [0.1, 0.15) is 0 Å². The molecular formula is C12H12ClNO. The number of nitrogens with one attached hydrogen (secondary N) is 1. The van der Waals surface area contributed by atoms with Crippen molar-refractivity contribution in [1.82, 2.24) is 5.32 Å². The topological polar surface area (TPSA) is 25.2 Å². The van der Waals surface area contributed by atoms with Crippen LogP contribution in [0.2, 0.25) is 5.02 Å². The standard InChI is InChI=1S/C12H12ClNO/c1-14-12(9-6-7-15-8-9)10-4-2-3-5-11(10)13/h2-8,12,14H,1H3. The Labute approximate surface area is 93.9 Å². The summed E-state index contributed by atoms with van der Waals surface area (Å²) in [6.45, 7) is 0. The third-order valence-electron chi connectivity index (χ3n) is 2.38. The largest absolute Gasteiger partial charge is 0.472 e. The Morgan fingerprint density at radius 1 is 1.27 bits per heavy atom. The molecule has 0 saturated heterocycles. The lowest BCUT2D eigenvalue weighted by molar-refractivity contribution is 0.557. The summed E-state index contributed by atoms with van der Waals surface area (Å²) in [5.74, 6) is 0. The number of hydrogen-bond donors (Lipinski definition) is 1. The van der Waals surface area contributed by atoms with Gasteiger partial charge in [0.05, 0.1) is 18.6 Å². The Hall–Kier alpha value is -1.25. The third-order valence-corrected chi connectivity index (χ3v) is 2.73. The molecule has 3 heteroatoms. The maximum absolute atomic E-state index is 6.14. The van der Waals surface area contributed by atoms with Crippen LogP contribution in [0.1, 0.15) is 17.2 Å². The number of benzene rings is 1. The van der Waals surface area contributed by atoms with E-state index in [1.807, 2.05) is 37.4 Å². The zero-order chi connectivity index (χ0) is 10.7.